The Hall–Kier alpha value is -2.31. The summed E-state index contributed by atoms with van der Waals surface area (Å²) in [5, 5.41) is 3.49. The van der Waals surface area contributed by atoms with Crippen LogP contribution in [0.1, 0.15) is 62.7 Å². The van der Waals surface area contributed by atoms with Crippen LogP contribution < -0.4 is 10.1 Å². The number of pyridine rings is 1. The Morgan fingerprint density at radius 2 is 2.00 bits per heavy atom. The Balaban J connectivity index is 0.000000932. The van der Waals surface area contributed by atoms with Crippen LogP contribution in [0.4, 0.5) is 5.82 Å². The molecule has 1 saturated carbocycles. The van der Waals surface area contributed by atoms with Crippen molar-refractivity contribution < 1.29 is 14.3 Å². The average Bonchev–Trinajstić information content (AvgIpc) is 3.31. The van der Waals surface area contributed by atoms with Crippen LogP contribution in [-0.2, 0) is 4.79 Å². The second-order valence-corrected chi connectivity index (χ2v) is 8.23. The molecule has 1 N–H and O–H groups in total. The number of amides is 2. The van der Waals surface area contributed by atoms with Gasteiger partial charge in [-0.15, -0.1) is 0 Å². The minimum Gasteiger partial charge on any atom is -0.490 e. The third-order valence-corrected chi connectivity index (χ3v) is 6.68. The first-order valence-corrected chi connectivity index (χ1v) is 10.5. The van der Waals surface area contributed by atoms with Crippen LogP contribution in [0, 0.1) is 0 Å². The van der Waals surface area contributed by atoms with Crippen LogP contribution in [0.25, 0.3) is 0 Å². The number of carbonyl (C=O) groups is 2. The lowest BCUT2D eigenvalue weighted by Gasteiger charge is -2.31. The van der Waals surface area contributed by atoms with Crippen LogP contribution in [0.2, 0.25) is 0 Å². The summed E-state index contributed by atoms with van der Waals surface area (Å²) >= 11 is 0. The van der Waals surface area contributed by atoms with Crippen molar-refractivity contribution in [2.24, 2.45) is 0 Å². The van der Waals surface area contributed by atoms with E-state index in [1.807, 2.05) is 36.8 Å². The van der Waals surface area contributed by atoms with Crippen LogP contribution in [0.5, 0.6) is 5.75 Å². The van der Waals surface area contributed by atoms with Crippen molar-refractivity contribution in [3.8, 4) is 5.75 Å². The van der Waals surface area contributed by atoms with E-state index >= 15 is 0 Å². The van der Waals surface area contributed by atoms with E-state index in [4.69, 9.17) is 4.74 Å². The van der Waals surface area contributed by atoms with Gasteiger partial charge in [0, 0.05) is 44.7 Å². The molecule has 0 radical (unpaired) electrons. The molecule has 7 nitrogen and oxygen atoms in total. The van der Waals surface area contributed by atoms with Gasteiger partial charge in [-0.25, -0.2) is 4.98 Å². The zero-order valence-electron chi connectivity index (χ0n) is 17.1. The topological polar surface area (TPSA) is 74.8 Å². The van der Waals surface area contributed by atoms with Crippen LogP contribution in [0.3, 0.4) is 0 Å². The molecule has 4 aliphatic rings. The molecule has 1 atom stereocenters. The van der Waals surface area contributed by atoms with E-state index in [0.717, 1.165) is 37.9 Å². The molecule has 152 valence electrons. The molecule has 1 unspecified atom stereocenters. The summed E-state index contributed by atoms with van der Waals surface area (Å²) in [5.41, 5.74) is 0.536. The maximum atomic E-state index is 13.0. The third-order valence-electron chi connectivity index (χ3n) is 6.68. The van der Waals surface area contributed by atoms with Crippen LogP contribution in [0.15, 0.2) is 12.3 Å². The molecule has 5 rings (SSSR count). The number of fused-ring (bicyclic) bond motifs is 1. The summed E-state index contributed by atoms with van der Waals surface area (Å²) in [4.78, 5) is 33.1. The van der Waals surface area contributed by atoms with Crippen molar-refractivity contribution in [1.29, 1.82) is 0 Å². The van der Waals surface area contributed by atoms with Crippen molar-refractivity contribution in [3.63, 3.8) is 0 Å². The normalized spacial score (nSPS) is 26.9. The molecular weight excluding hydrogens is 356 g/mol. The number of nitrogens with one attached hydrogen (secondary N) is 1. The van der Waals surface area contributed by atoms with Crippen molar-refractivity contribution in [3.05, 3.63) is 17.8 Å². The van der Waals surface area contributed by atoms with E-state index in [1.165, 1.54) is 0 Å². The lowest BCUT2D eigenvalue weighted by molar-refractivity contribution is -0.129. The largest absolute Gasteiger partial charge is 0.490 e. The minimum absolute atomic E-state index is 0.0288. The lowest BCUT2D eigenvalue weighted by atomic mass is 9.96. The Labute approximate surface area is 166 Å². The molecule has 0 bridgehead atoms. The van der Waals surface area contributed by atoms with E-state index in [0.29, 0.717) is 37.4 Å². The van der Waals surface area contributed by atoms with E-state index in [-0.39, 0.29) is 22.9 Å². The number of hydrogen-bond donors (Lipinski definition) is 1. The fourth-order valence-electron chi connectivity index (χ4n) is 4.59. The van der Waals surface area contributed by atoms with Gasteiger partial charge in [0.1, 0.15) is 0 Å². The maximum absolute atomic E-state index is 13.0. The molecule has 1 aromatic rings. The molecular formula is C21H30N4O3. The Kier molecular flexibility index (Phi) is 4.71. The molecule has 3 aliphatic heterocycles. The second kappa shape index (κ2) is 6.94. The van der Waals surface area contributed by atoms with Gasteiger partial charge in [0.25, 0.3) is 5.91 Å². The molecule has 0 aromatic carbocycles. The van der Waals surface area contributed by atoms with Gasteiger partial charge in [-0.05, 0) is 31.7 Å². The molecule has 7 heteroatoms. The van der Waals surface area contributed by atoms with Gasteiger partial charge in [0.2, 0.25) is 5.91 Å². The quantitative estimate of drug-likeness (QED) is 0.803. The molecule has 1 aromatic heterocycles. The number of likely N-dealkylation sites (tertiary alicyclic amines) is 2. The standard InChI is InChI=1S/C19H24N4O3.C2H6/c1-22-15(24)2-3-19(22)6-8-23(12-19)17(25)13-10-14-16(20-11-13)21-18(4-5-18)7-9-26-14;1-2/h10-11H,2-9,12H2,1H3,(H,20,21);1-2H3. The monoisotopic (exact) mass is 386 g/mol. The zero-order valence-corrected chi connectivity index (χ0v) is 17.1. The highest BCUT2D eigenvalue weighted by Crippen LogP contribution is 2.45. The molecule has 3 fully saturated rings. The first-order chi connectivity index (χ1) is 13.5. The molecule has 28 heavy (non-hydrogen) atoms. The minimum atomic E-state index is -0.178. The number of anilines is 1. The predicted octanol–water partition coefficient (Wildman–Crippen LogP) is 2.67. The summed E-state index contributed by atoms with van der Waals surface area (Å²) in [6, 6.07) is 1.81. The number of hydrogen-bond acceptors (Lipinski definition) is 5. The molecule has 1 aliphatic carbocycles. The van der Waals surface area contributed by atoms with Gasteiger partial charge in [0.15, 0.2) is 11.6 Å². The molecule has 2 amide bonds. The fraction of sp³-hybridized carbons (Fsp3) is 0.667. The number of likely N-dealkylation sites (N-methyl/N-ethyl adjacent to an activating group) is 1. The lowest BCUT2D eigenvalue weighted by Crippen LogP contribution is -2.46. The van der Waals surface area contributed by atoms with E-state index < -0.39 is 0 Å². The molecule has 4 heterocycles. The van der Waals surface area contributed by atoms with Crippen LogP contribution in [-0.4, -0.2) is 64.4 Å². The van der Waals surface area contributed by atoms with Gasteiger partial charge >= 0.3 is 0 Å². The number of nitrogens with zero attached hydrogens (tertiary/aromatic N) is 3. The Morgan fingerprint density at radius 3 is 2.68 bits per heavy atom. The van der Waals surface area contributed by atoms with Crippen molar-refractivity contribution >= 4 is 17.6 Å². The highest BCUT2D eigenvalue weighted by molar-refractivity contribution is 5.95. The smallest absolute Gasteiger partial charge is 0.255 e. The zero-order chi connectivity index (χ0) is 19.9. The van der Waals surface area contributed by atoms with Gasteiger partial charge in [0.05, 0.1) is 17.7 Å². The molecule has 2 saturated heterocycles. The summed E-state index contributed by atoms with van der Waals surface area (Å²) in [6.45, 7) is 5.93. The first kappa shape index (κ1) is 19.0. The SMILES string of the molecule is CC.CN1C(=O)CCC12CCN(C(=O)c1cnc3c(c1)OCCC1(CC1)N3)C2. The number of carbonyl (C=O) groups excluding carboxylic acids is 2. The van der Waals surface area contributed by atoms with Crippen molar-refractivity contribution in [2.75, 3.05) is 32.1 Å². The van der Waals surface area contributed by atoms with E-state index in [2.05, 4.69) is 10.3 Å². The highest BCUT2D eigenvalue weighted by atomic mass is 16.5. The Bertz CT molecular complexity index is 792. The fourth-order valence-corrected chi connectivity index (χ4v) is 4.59. The number of rotatable bonds is 1. The van der Waals surface area contributed by atoms with Crippen LogP contribution >= 0.6 is 0 Å². The number of aromatic nitrogens is 1. The summed E-state index contributed by atoms with van der Waals surface area (Å²) in [7, 11) is 1.86. The van der Waals surface area contributed by atoms with Gasteiger partial charge in [-0.1, -0.05) is 13.8 Å². The Morgan fingerprint density at radius 1 is 1.21 bits per heavy atom. The third kappa shape index (κ3) is 3.10. The first-order valence-electron chi connectivity index (χ1n) is 10.5. The summed E-state index contributed by atoms with van der Waals surface area (Å²) < 4.78 is 5.85. The van der Waals surface area contributed by atoms with Gasteiger partial charge in [-0.2, -0.15) is 0 Å². The average molecular weight is 386 g/mol. The van der Waals surface area contributed by atoms with Crippen molar-refractivity contribution in [2.45, 2.75) is 63.5 Å². The summed E-state index contributed by atoms with van der Waals surface area (Å²) in [6.07, 6.45) is 7.19. The van der Waals surface area contributed by atoms with Crippen molar-refractivity contribution in [1.82, 2.24) is 14.8 Å². The van der Waals surface area contributed by atoms with E-state index in [1.54, 1.807) is 6.20 Å². The summed E-state index contributed by atoms with van der Waals surface area (Å²) in [5.74, 6) is 1.57. The highest BCUT2D eigenvalue weighted by Gasteiger charge is 2.49. The van der Waals surface area contributed by atoms with Gasteiger partial charge < -0.3 is 19.9 Å². The predicted molar refractivity (Wildman–Crippen MR) is 107 cm³/mol. The van der Waals surface area contributed by atoms with Gasteiger partial charge in [-0.3, -0.25) is 9.59 Å². The second-order valence-electron chi connectivity index (χ2n) is 8.23. The molecule has 2 spiro atoms. The van der Waals surface area contributed by atoms with E-state index in [9.17, 15) is 9.59 Å². The number of ether oxygens (including phenoxy) is 1. The maximum Gasteiger partial charge on any atom is 0.255 e.